The van der Waals surface area contributed by atoms with Crippen LogP contribution in [0.4, 0.5) is 10.2 Å². The third-order valence-corrected chi connectivity index (χ3v) is 5.76. The molecule has 3 heterocycles. The van der Waals surface area contributed by atoms with Crippen molar-refractivity contribution >= 4 is 5.82 Å². The zero-order chi connectivity index (χ0) is 18.6. The predicted octanol–water partition coefficient (Wildman–Crippen LogP) is 3.53. The lowest BCUT2D eigenvalue weighted by molar-refractivity contribution is 0.206. The van der Waals surface area contributed by atoms with E-state index in [1.807, 2.05) is 6.92 Å². The molecular weight excluding hydrogens is 345 g/mol. The van der Waals surface area contributed by atoms with E-state index in [1.54, 1.807) is 6.33 Å². The van der Waals surface area contributed by atoms with Crippen molar-refractivity contribution in [3.05, 3.63) is 35.9 Å². The van der Waals surface area contributed by atoms with E-state index in [1.165, 1.54) is 31.3 Å². The van der Waals surface area contributed by atoms with Crippen LogP contribution in [0.15, 0.2) is 18.7 Å². The third-order valence-electron chi connectivity index (χ3n) is 5.76. The predicted molar refractivity (Wildman–Crippen MR) is 100 cm³/mol. The van der Waals surface area contributed by atoms with Crippen molar-refractivity contribution in [1.82, 2.24) is 19.9 Å². The van der Waals surface area contributed by atoms with E-state index < -0.39 is 5.82 Å². The molecule has 0 aromatic carbocycles. The van der Waals surface area contributed by atoms with Crippen LogP contribution in [0.3, 0.4) is 0 Å². The second-order valence-electron chi connectivity index (χ2n) is 7.46. The van der Waals surface area contributed by atoms with Crippen LogP contribution in [-0.4, -0.2) is 39.6 Å². The van der Waals surface area contributed by atoms with Crippen molar-refractivity contribution in [2.45, 2.75) is 51.4 Å². The van der Waals surface area contributed by atoms with E-state index >= 15 is 0 Å². The minimum atomic E-state index is -0.429. The van der Waals surface area contributed by atoms with Gasteiger partial charge in [0.1, 0.15) is 18.5 Å². The summed E-state index contributed by atoms with van der Waals surface area (Å²) in [5.74, 6) is 1.69. The van der Waals surface area contributed by atoms with Crippen molar-refractivity contribution in [3.8, 4) is 5.88 Å². The molecule has 2 aromatic rings. The first-order valence-electron chi connectivity index (χ1n) is 9.93. The van der Waals surface area contributed by atoms with E-state index in [-0.39, 0.29) is 5.88 Å². The molecule has 0 atom stereocenters. The Bertz CT molecular complexity index is 775. The molecule has 1 saturated heterocycles. The van der Waals surface area contributed by atoms with Crippen LogP contribution in [-0.2, 0) is 6.42 Å². The highest BCUT2D eigenvalue weighted by molar-refractivity contribution is 5.40. The van der Waals surface area contributed by atoms with Gasteiger partial charge in [-0.3, -0.25) is 0 Å². The molecule has 0 spiro atoms. The SMILES string of the molecule is CCc1ncnc(OCC2CCN(c3cc(C4CCC4)ncn3)CC2)c1F. The van der Waals surface area contributed by atoms with Crippen LogP contribution >= 0.6 is 0 Å². The van der Waals surface area contributed by atoms with Gasteiger partial charge in [-0.15, -0.1) is 0 Å². The van der Waals surface area contributed by atoms with Crippen molar-refractivity contribution < 1.29 is 9.13 Å². The summed E-state index contributed by atoms with van der Waals surface area (Å²) >= 11 is 0. The largest absolute Gasteiger partial charge is 0.475 e. The van der Waals surface area contributed by atoms with Gasteiger partial charge in [-0.1, -0.05) is 13.3 Å². The molecule has 6 nitrogen and oxygen atoms in total. The maximum absolute atomic E-state index is 14.2. The molecule has 2 aliphatic rings. The number of piperidine rings is 1. The first-order chi connectivity index (χ1) is 13.2. The van der Waals surface area contributed by atoms with Crippen molar-refractivity contribution in [1.29, 1.82) is 0 Å². The molecule has 144 valence electrons. The van der Waals surface area contributed by atoms with E-state index in [0.717, 1.165) is 31.7 Å². The minimum absolute atomic E-state index is 0.0743. The summed E-state index contributed by atoms with van der Waals surface area (Å²) in [4.78, 5) is 19.1. The second kappa shape index (κ2) is 8.15. The summed E-state index contributed by atoms with van der Waals surface area (Å²) in [5, 5.41) is 0. The highest BCUT2D eigenvalue weighted by Gasteiger charge is 2.25. The highest BCUT2D eigenvalue weighted by Crippen LogP contribution is 2.36. The fourth-order valence-corrected chi connectivity index (χ4v) is 3.72. The zero-order valence-corrected chi connectivity index (χ0v) is 15.8. The molecule has 0 radical (unpaired) electrons. The first-order valence-corrected chi connectivity index (χ1v) is 9.93. The molecule has 2 aromatic heterocycles. The van der Waals surface area contributed by atoms with Gasteiger partial charge in [-0.2, -0.15) is 9.37 Å². The highest BCUT2D eigenvalue weighted by atomic mass is 19.1. The molecule has 0 unspecified atom stereocenters. The van der Waals surface area contributed by atoms with Gasteiger partial charge in [0, 0.05) is 30.8 Å². The van der Waals surface area contributed by atoms with E-state index in [9.17, 15) is 4.39 Å². The Morgan fingerprint density at radius 1 is 1.07 bits per heavy atom. The molecule has 27 heavy (non-hydrogen) atoms. The van der Waals surface area contributed by atoms with Gasteiger partial charge in [0.15, 0.2) is 0 Å². The number of hydrogen-bond acceptors (Lipinski definition) is 6. The number of rotatable bonds is 6. The lowest BCUT2D eigenvalue weighted by Gasteiger charge is -2.33. The van der Waals surface area contributed by atoms with E-state index in [4.69, 9.17) is 4.74 Å². The summed E-state index contributed by atoms with van der Waals surface area (Å²) in [6.45, 7) is 4.22. The maximum Gasteiger partial charge on any atom is 0.253 e. The lowest BCUT2D eigenvalue weighted by Crippen LogP contribution is -2.36. The van der Waals surface area contributed by atoms with Gasteiger partial charge in [0.25, 0.3) is 5.88 Å². The molecule has 7 heteroatoms. The topological polar surface area (TPSA) is 64.0 Å². The summed E-state index contributed by atoms with van der Waals surface area (Å²) in [5.41, 5.74) is 1.59. The molecule has 0 bridgehead atoms. The van der Waals surface area contributed by atoms with Crippen LogP contribution in [0.2, 0.25) is 0 Å². The third kappa shape index (κ3) is 4.01. The number of anilines is 1. The Morgan fingerprint density at radius 3 is 2.56 bits per heavy atom. The van der Waals surface area contributed by atoms with E-state index in [2.05, 4.69) is 30.9 Å². The van der Waals surface area contributed by atoms with Crippen LogP contribution in [0.25, 0.3) is 0 Å². The number of halogens is 1. The fourth-order valence-electron chi connectivity index (χ4n) is 3.72. The van der Waals surface area contributed by atoms with Crippen molar-refractivity contribution in [3.63, 3.8) is 0 Å². The maximum atomic E-state index is 14.2. The van der Waals surface area contributed by atoms with Gasteiger partial charge >= 0.3 is 0 Å². The summed E-state index contributed by atoms with van der Waals surface area (Å²) in [6, 6.07) is 2.16. The number of aryl methyl sites for hydroxylation is 1. The molecule has 1 aliphatic carbocycles. The minimum Gasteiger partial charge on any atom is -0.475 e. The van der Waals surface area contributed by atoms with Crippen molar-refractivity contribution in [2.24, 2.45) is 5.92 Å². The lowest BCUT2D eigenvalue weighted by atomic mass is 9.83. The zero-order valence-electron chi connectivity index (χ0n) is 15.8. The van der Waals surface area contributed by atoms with Crippen LogP contribution < -0.4 is 9.64 Å². The Morgan fingerprint density at radius 2 is 1.85 bits per heavy atom. The van der Waals surface area contributed by atoms with Gasteiger partial charge in [0.2, 0.25) is 5.82 Å². The first kappa shape index (κ1) is 18.1. The Balaban J connectivity index is 1.30. The van der Waals surface area contributed by atoms with Gasteiger partial charge in [-0.05, 0) is 38.0 Å². The van der Waals surface area contributed by atoms with Crippen molar-refractivity contribution in [2.75, 3.05) is 24.6 Å². The smallest absolute Gasteiger partial charge is 0.253 e. The molecule has 2 fully saturated rings. The van der Waals surface area contributed by atoms with Crippen LogP contribution in [0, 0.1) is 11.7 Å². The Hall–Kier alpha value is -2.31. The molecular formula is C20H26FN5O. The molecule has 1 aliphatic heterocycles. The molecule has 4 rings (SSSR count). The average Bonchev–Trinajstić information content (AvgIpc) is 2.66. The van der Waals surface area contributed by atoms with Gasteiger partial charge < -0.3 is 9.64 Å². The van der Waals surface area contributed by atoms with Crippen LogP contribution in [0.1, 0.15) is 56.3 Å². The molecule has 1 saturated carbocycles. The quantitative estimate of drug-likeness (QED) is 0.774. The fraction of sp³-hybridized carbons (Fsp3) is 0.600. The monoisotopic (exact) mass is 371 g/mol. The average molecular weight is 371 g/mol. The van der Waals surface area contributed by atoms with Crippen LogP contribution in [0.5, 0.6) is 5.88 Å². The Kier molecular flexibility index (Phi) is 5.45. The Labute approximate surface area is 159 Å². The normalized spacial score (nSPS) is 18.4. The van der Waals surface area contributed by atoms with Gasteiger partial charge in [0.05, 0.1) is 12.3 Å². The number of aromatic nitrogens is 4. The number of nitrogens with zero attached hydrogens (tertiary/aromatic N) is 5. The standard InChI is InChI=1S/C20H26FN5O/c1-2-16-19(21)20(25-13-22-16)27-11-14-6-8-26(9-7-14)18-10-17(23-12-24-18)15-4-3-5-15/h10,12-15H,2-9,11H2,1H3. The summed E-state index contributed by atoms with van der Waals surface area (Å²) in [6.07, 6.45) is 9.39. The number of hydrogen-bond donors (Lipinski definition) is 0. The van der Waals surface area contributed by atoms with E-state index in [0.29, 0.717) is 30.6 Å². The van der Waals surface area contributed by atoms with Gasteiger partial charge in [-0.25, -0.2) is 15.0 Å². The second-order valence-corrected chi connectivity index (χ2v) is 7.46. The summed E-state index contributed by atoms with van der Waals surface area (Å²) < 4.78 is 19.8. The molecule has 0 amide bonds. The summed E-state index contributed by atoms with van der Waals surface area (Å²) in [7, 11) is 0. The number of ether oxygens (including phenoxy) is 1. The molecule has 0 N–H and O–H groups in total.